The molecule has 0 N–H and O–H groups in total. The molecule has 0 bridgehead atoms. The highest BCUT2D eigenvalue weighted by Gasteiger charge is 2.31. The molecule has 0 aliphatic carbocycles. The van der Waals surface area contributed by atoms with Crippen LogP contribution in [0.15, 0.2) is 64.7 Å². The summed E-state index contributed by atoms with van der Waals surface area (Å²) in [6, 6.07) is 8.84. The molecule has 0 aliphatic rings. The molecule has 0 unspecified atom stereocenters. The van der Waals surface area contributed by atoms with Crippen molar-refractivity contribution in [3.63, 3.8) is 0 Å². The molecule has 4 aromatic rings. The summed E-state index contributed by atoms with van der Waals surface area (Å²) in [5, 5.41) is 12.7. The predicted octanol–water partition coefficient (Wildman–Crippen LogP) is 3.53. The van der Waals surface area contributed by atoms with Crippen LogP contribution in [0, 0.1) is 11.3 Å². The van der Waals surface area contributed by atoms with Gasteiger partial charge in [0.05, 0.1) is 34.2 Å². The number of fused-ring (bicyclic) bond motifs is 1. The van der Waals surface area contributed by atoms with E-state index in [0.717, 1.165) is 18.3 Å². The molecule has 1 aromatic carbocycles. The fraction of sp³-hybridized carbons (Fsp3) is 0.136. The third-order valence-electron chi connectivity index (χ3n) is 5.05. The molecule has 34 heavy (non-hydrogen) atoms. The largest absolute Gasteiger partial charge is 0.416 e. The smallest absolute Gasteiger partial charge is 0.267 e. The van der Waals surface area contributed by atoms with Gasteiger partial charge in [-0.05, 0) is 30.3 Å². The number of aromatic nitrogens is 4. The molecule has 12 heteroatoms. The molecule has 0 atom stereocenters. The summed E-state index contributed by atoms with van der Waals surface area (Å²) < 4.78 is 65.8. The van der Waals surface area contributed by atoms with Crippen LogP contribution in [0.2, 0.25) is 0 Å². The second-order valence-corrected chi connectivity index (χ2v) is 9.40. The van der Waals surface area contributed by atoms with Crippen molar-refractivity contribution in [3.8, 4) is 23.1 Å². The summed E-state index contributed by atoms with van der Waals surface area (Å²) in [7, 11) is -3.94. The Kier molecular flexibility index (Phi) is 5.66. The number of benzene rings is 1. The third kappa shape index (κ3) is 4.13. The first-order valence-electron chi connectivity index (χ1n) is 9.74. The highest BCUT2D eigenvalue weighted by molar-refractivity contribution is 7.91. The maximum atomic E-state index is 13.2. The van der Waals surface area contributed by atoms with Gasteiger partial charge in [0.25, 0.3) is 5.56 Å². The molecular weight excluding hydrogens is 471 g/mol. The molecule has 172 valence electrons. The SMILES string of the molecule is CCS(=O)(=O)c1cc(-c2ccc(C#N)cn2)cnc1-n1ncc2ccc(C(F)(F)F)cc2c1=O. The Labute approximate surface area is 190 Å². The normalized spacial score (nSPS) is 12.0. The fourth-order valence-corrected chi connectivity index (χ4v) is 4.25. The van der Waals surface area contributed by atoms with Gasteiger partial charge in [-0.1, -0.05) is 13.0 Å². The molecule has 8 nitrogen and oxygen atoms in total. The lowest BCUT2D eigenvalue weighted by molar-refractivity contribution is -0.137. The number of nitrogens with zero attached hydrogens (tertiary/aromatic N) is 5. The minimum absolute atomic E-state index is 0.160. The van der Waals surface area contributed by atoms with Gasteiger partial charge in [-0.2, -0.15) is 28.2 Å². The molecule has 0 spiro atoms. The van der Waals surface area contributed by atoms with Crippen LogP contribution in [0.3, 0.4) is 0 Å². The first kappa shape index (κ1) is 23.1. The van der Waals surface area contributed by atoms with Crippen molar-refractivity contribution in [1.29, 1.82) is 5.26 Å². The number of hydrogen-bond acceptors (Lipinski definition) is 7. The molecule has 4 rings (SSSR count). The predicted molar refractivity (Wildman–Crippen MR) is 116 cm³/mol. The minimum Gasteiger partial charge on any atom is -0.267 e. The number of halogens is 3. The number of rotatable bonds is 4. The zero-order chi connectivity index (χ0) is 24.7. The van der Waals surface area contributed by atoms with E-state index in [0.29, 0.717) is 27.6 Å². The average Bonchev–Trinajstić information content (AvgIpc) is 2.83. The monoisotopic (exact) mass is 485 g/mol. The van der Waals surface area contributed by atoms with E-state index in [1.54, 1.807) is 0 Å². The van der Waals surface area contributed by atoms with Gasteiger partial charge in [-0.25, -0.2) is 13.4 Å². The number of nitriles is 1. The Morgan fingerprint density at radius 3 is 2.44 bits per heavy atom. The van der Waals surface area contributed by atoms with Crippen LogP contribution in [0.4, 0.5) is 13.2 Å². The van der Waals surface area contributed by atoms with E-state index < -0.39 is 27.1 Å². The van der Waals surface area contributed by atoms with Crippen molar-refractivity contribution in [2.24, 2.45) is 0 Å². The summed E-state index contributed by atoms with van der Waals surface area (Å²) in [5.74, 6) is -0.671. The van der Waals surface area contributed by atoms with E-state index in [-0.39, 0.29) is 27.2 Å². The number of pyridine rings is 2. The zero-order valence-electron chi connectivity index (χ0n) is 17.4. The van der Waals surface area contributed by atoms with E-state index in [4.69, 9.17) is 5.26 Å². The van der Waals surface area contributed by atoms with Crippen molar-refractivity contribution in [2.75, 3.05) is 5.75 Å². The quantitative estimate of drug-likeness (QED) is 0.434. The average molecular weight is 485 g/mol. The van der Waals surface area contributed by atoms with E-state index in [1.165, 1.54) is 37.5 Å². The summed E-state index contributed by atoms with van der Waals surface area (Å²) >= 11 is 0. The van der Waals surface area contributed by atoms with Gasteiger partial charge in [0, 0.05) is 23.3 Å². The van der Waals surface area contributed by atoms with Crippen molar-refractivity contribution in [1.82, 2.24) is 19.7 Å². The van der Waals surface area contributed by atoms with Gasteiger partial charge in [0.2, 0.25) is 0 Å². The summed E-state index contributed by atoms with van der Waals surface area (Å²) in [4.78, 5) is 21.0. The van der Waals surface area contributed by atoms with Crippen LogP contribution >= 0.6 is 0 Å². The first-order valence-corrected chi connectivity index (χ1v) is 11.4. The van der Waals surface area contributed by atoms with Gasteiger partial charge in [-0.3, -0.25) is 9.78 Å². The fourth-order valence-electron chi connectivity index (χ4n) is 3.22. The number of hydrogen-bond donors (Lipinski definition) is 0. The zero-order valence-corrected chi connectivity index (χ0v) is 18.2. The third-order valence-corrected chi connectivity index (χ3v) is 6.78. The molecular formula is C22H14F3N5O3S. The summed E-state index contributed by atoms with van der Waals surface area (Å²) in [5.41, 5.74) is -1.04. The van der Waals surface area contributed by atoms with E-state index in [9.17, 15) is 26.4 Å². The minimum atomic E-state index is -4.67. The lowest BCUT2D eigenvalue weighted by Crippen LogP contribution is -2.25. The summed E-state index contributed by atoms with van der Waals surface area (Å²) in [6.45, 7) is 1.40. The number of alkyl halides is 3. The topological polar surface area (TPSA) is 119 Å². The maximum absolute atomic E-state index is 13.2. The van der Waals surface area contributed by atoms with Gasteiger partial charge >= 0.3 is 6.18 Å². The molecule has 3 aromatic heterocycles. The number of sulfone groups is 1. The first-order chi connectivity index (χ1) is 16.0. The van der Waals surface area contributed by atoms with Crippen molar-refractivity contribution in [3.05, 3.63) is 76.5 Å². The Morgan fingerprint density at radius 1 is 1.06 bits per heavy atom. The Bertz CT molecular complexity index is 1620. The van der Waals surface area contributed by atoms with Crippen molar-refractivity contribution < 1.29 is 21.6 Å². The maximum Gasteiger partial charge on any atom is 0.416 e. The van der Waals surface area contributed by atoms with E-state index >= 15 is 0 Å². The second kappa shape index (κ2) is 8.35. The van der Waals surface area contributed by atoms with Crippen LogP contribution < -0.4 is 5.56 Å². The van der Waals surface area contributed by atoms with Crippen LogP contribution in [-0.4, -0.2) is 33.9 Å². The Morgan fingerprint density at radius 2 is 1.82 bits per heavy atom. The highest BCUT2D eigenvalue weighted by atomic mass is 32.2. The lowest BCUT2D eigenvalue weighted by atomic mass is 10.1. The molecule has 0 radical (unpaired) electrons. The highest BCUT2D eigenvalue weighted by Crippen LogP contribution is 2.31. The van der Waals surface area contributed by atoms with Crippen molar-refractivity contribution in [2.45, 2.75) is 18.0 Å². The summed E-state index contributed by atoms with van der Waals surface area (Å²) in [6.07, 6.45) is -0.926. The Hall–Kier alpha value is -4.11. The molecule has 0 amide bonds. The molecule has 3 heterocycles. The molecule has 0 fully saturated rings. The van der Waals surface area contributed by atoms with Crippen LogP contribution in [0.5, 0.6) is 0 Å². The Balaban J connectivity index is 1.95. The van der Waals surface area contributed by atoms with E-state index in [1.807, 2.05) is 6.07 Å². The second-order valence-electron chi connectivity index (χ2n) is 7.15. The van der Waals surface area contributed by atoms with Crippen LogP contribution in [0.25, 0.3) is 27.8 Å². The lowest BCUT2D eigenvalue weighted by Gasteiger charge is -2.13. The molecule has 0 saturated carbocycles. The molecule has 0 aliphatic heterocycles. The van der Waals surface area contributed by atoms with Gasteiger partial charge in [0.1, 0.15) is 11.0 Å². The van der Waals surface area contributed by atoms with Gasteiger partial charge in [0.15, 0.2) is 15.7 Å². The van der Waals surface area contributed by atoms with E-state index in [2.05, 4.69) is 15.1 Å². The van der Waals surface area contributed by atoms with Gasteiger partial charge in [-0.15, -0.1) is 0 Å². The standard InChI is InChI=1S/C22H14F3N5O3S/c1-2-34(32,33)19-7-15(18-6-3-13(9-26)10-27-18)11-28-20(19)30-21(31)17-8-16(22(23,24)25)5-4-14(17)12-29-30/h3-8,10-12H,2H2,1H3. The van der Waals surface area contributed by atoms with Crippen LogP contribution in [-0.2, 0) is 16.0 Å². The molecule has 0 saturated heterocycles. The van der Waals surface area contributed by atoms with Crippen LogP contribution in [0.1, 0.15) is 18.1 Å². The van der Waals surface area contributed by atoms with Crippen molar-refractivity contribution >= 4 is 20.6 Å². The van der Waals surface area contributed by atoms with Gasteiger partial charge < -0.3 is 0 Å².